The van der Waals surface area contributed by atoms with Crippen molar-refractivity contribution >= 4 is 39.8 Å². The molecule has 0 radical (unpaired) electrons. The number of nitrogens with one attached hydrogen (secondary N) is 2. The number of hydrogen-bond acceptors (Lipinski definition) is 4. The van der Waals surface area contributed by atoms with Gasteiger partial charge in [0.15, 0.2) is 5.96 Å². The number of sulfone groups is 1. The fourth-order valence-corrected chi connectivity index (χ4v) is 4.26. The van der Waals surface area contributed by atoms with E-state index in [0.29, 0.717) is 19.0 Å². The summed E-state index contributed by atoms with van der Waals surface area (Å²) in [4.78, 5) is 6.84. The van der Waals surface area contributed by atoms with Gasteiger partial charge in [-0.3, -0.25) is 9.89 Å². The van der Waals surface area contributed by atoms with E-state index in [4.69, 9.17) is 0 Å². The fourth-order valence-electron chi connectivity index (χ4n) is 3.34. The summed E-state index contributed by atoms with van der Waals surface area (Å²) in [5.41, 5.74) is 1.25. The van der Waals surface area contributed by atoms with E-state index < -0.39 is 9.84 Å². The van der Waals surface area contributed by atoms with E-state index in [1.807, 2.05) is 0 Å². The number of nitrogens with zero attached hydrogens (tertiary/aromatic N) is 2. The number of halogens is 1. The van der Waals surface area contributed by atoms with Crippen molar-refractivity contribution in [2.45, 2.75) is 45.7 Å². The second-order valence-electron chi connectivity index (χ2n) is 8.65. The van der Waals surface area contributed by atoms with Gasteiger partial charge in [0.25, 0.3) is 0 Å². The Morgan fingerprint density at radius 3 is 2.38 bits per heavy atom. The molecule has 0 atom stereocenters. The lowest BCUT2D eigenvalue weighted by molar-refractivity contribution is 0.198. The zero-order chi connectivity index (χ0) is 20.6. The van der Waals surface area contributed by atoms with Crippen molar-refractivity contribution in [1.29, 1.82) is 0 Å². The molecule has 0 bridgehead atoms. The molecule has 1 saturated heterocycles. The Kier molecular flexibility index (Phi) is 10.9. The van der Waals surface area contributed by atoms with Crippen molar-refractivity contribution in [3.05, 3.63) is 35.9 Å². The molecule has 2 rings (SSSR count). The lowest BCUT2D eigenvalue weighted by Gasteiger charge is -2.33. The third-order valence-corrected chi connectivity index (χ3v) is 6.23. The van der Waals surface area contributed by atoms with Crippen molar-refractivity contribution in [3.8, 4) is 0 Å². The van der Waals surface area contributed by atoms with E-state index in [1.165, 1.54) is 11.8 Å². The highest BCUT2D eigenvalue weighted by atomic mass is 127. The molecule has 6 nitrogen and oxygen atoms in total. The standard InChI is InChI=1S/C21H36N4O2S.HI/c1-21(2,12-15-28(4,26)27)17-23-20(22-3)24-19-10-13-25(14-11-19)16-18-8-6-5-7-9-18;/h5-9,19H,10-17H2,1-4H3,(H2,22,23,24);1H. The minimum absolute atomic E-state index is 0. The van der Waals surface area contributed by atoms with Gasteiger partial charge in [0.2, 0.25) is 0 Å². The molecule has 0 aromatic heterocycles. The molecule has 0 saturated carbocycles. The van der Waals surface area contributed by atoms with E-state index >= 15 is 0 Å². The van der Waals surface area contributed by atoms with Crippen LogP contribution in [0.3, 0.4) is 0 Å². The van der Waals surface area contributed by atoms with Crippen molar-refractivity contribution in [3.63, 3.8) is 0 Å². The largest absolute Gasteiger partial charge is 0.356 e. The SMILES string of the molecule is CN=C(NCC(C)(C)CCS(C)(=O)=O)NC1CCN(Cc2ccccc2)CC1.I. The summed E-state index contributed by atoms with van der Waals surface area (Å²) in [7, 11) is -1.15. The van der Waals surface area contributed by atoms with E-state index in [9.17, 15) is 8.42 Å². The van der Waals surface area contributed by atoms with Gasteiger partial charge in [0, 0.05) is 45.5 Å². The summed E-state index contributed by atoms with van der Waals surface area (Å²) in [5, 5.41) is 6.90. The third-order valence-electron chi connectivity index (χ3n) is 5.29. The van der Waals surface area contributed by atoms with Crippen LogP contribution in [0.4, 0.5) is 0 Å². The molecule has 0 aliphatic carbocycles. The topological polar surface area (TPSA) is 73.8 Å². The molecule has 1 aromatic carbocycles. The number of rotatable bonds is 8. The van der Waals surface area contributed by atoms with Gasteiger partial charge in [0.1, 0.15) is 9.84 Å². The van der Waals surface area contributed by atoms with E-state index in [-0.39, 0.29) is 35.1 Å². The molecule has 8 heteroatoms. The molecule has 1 fully saturated rings. The predicted octanol–water partition coefficient (Wildman–Crippen LogP) is 2.89. The average Bonchev–Trinajstić information content (AvgIpc) is 2.65. The van der Waals surface area contributed by atoms with Crippen LogP contribution in [0.1, 0.15) is 38.7 Å². The molecule has 1 aliphatic heterocycles. The van der Waals surface area contributed by atoms with Gasteiger partial charge in [0.05, 0.1) is 5.75 Å². The Hall–Kier alpha value is -0.870. The minimum atomic E-state index is -2.93. The summed E-state index contributed by atoms with van der Waals surface area (Å²) >= 11 is 0. The van der Waals surface area contributed by atoms with Crippen molar-refractivity contribution in [2.75, 3.05) is 38.7 Å². The zero-order valence-electron chi connectivity index (χ0n) is 18.1. The lowest BCUT2D eigenvalue weighted by Crippen LogP contribution is -2.50. The molecule has 1 aromatic rings. The van der Waals surface area contributed by atoms with Crippen LogP contribution in [0.5, 0.6) is 0 Å². The quantitative estimate of drug-likeness (QED) is 0.304. The Morgan fingerprint density at radius 2 is 1.83 bits per heavy atom. The Labute approximate surface area is 193 Å². The van der Waals surface area contributed by atoms with Crippen molar-refractivity contribution in [1.82, 2.24) is 15.5 Å². The van der Waals surface area contributed by atoms with Crippen molar-refractivity contribution < 1.29 is 8.42 Å². The van der Waals surface area contributed by atoms with Crippen LogP contribution in [-0.4, -0.2) is 64.0 Å². The van der Waals surface area contributed by atoms with Gasteiger partial charge in [-0.2, -0.15) is 0 Å². The normalized spacial score (nSPS) is 16.9. The number of aliphatic imine (C=N–C) groups is 1. The first-order valence-corrected chi connectivity index (χ1v) is 12.1. The maximum absolute atomic E-state index is 11.4. The summed E-state index contributed by atoms with van der Waals surface area (Å²) in [6.07, 6.45) is 4.10. The van der Waals surface area contributed by atoms with Gasteiger partial charge < -0.3 is 10.6 Å². The van der Waals surface area contributed by atoms with E-state index in [1.54, 1.807) is 7.05 Å². The van der Waals surface area contributed by atoms with Gasteiger partial charge in [-0.1, -0.05) is 44.2 Å². The average molecular weight is 537 g/mol. The second kappa shape index (κ2) is 12.1. The first-order valence-electron chi connectivity index (χ1n) is 10.1. The molecule has 29 heavy (non-hydrogen) atoms. The number of piperidine rings is 1. The van der Waals surface area contributed by atoms with Gasteiger partial charge in [-0.25, -0.2) is 8.42 Å². The molecule has 1 heterocycles. The molecule has 1 aliphatic rings. The maximum atomic E-state index is 11.4. The summed E-state index contributed by atoms with van der Waals surface area (Å²) in [5.74, 6) is 1.02. The molecule has 0 amide bonds. The maximum Gasteiger partial charge on any atom is 0.191 e. The summed E-state index contributed by atoms with van der Waals surface area (Å²) in [6, 6.07) is 11.0. The monoisotopic (exact) mass is 536 g/mol. The van der Waals surface area contributed by atoms with Gasteiger partial charge in [-0.05, 0) is 30.2 Å². The van der Waals surface area contributed by atoms with Gasteiger partial charge >= 0.3 is 0 Å². The van der Waals surface area contributed by atoms with Crippen LogP contribution in [0.15, 0.2) is 35.3 Å². The summed E-state index contributed by atoms with van der Waals surface area (Å²) in [6.45, 7) is 8.01. The van der Waals surface area contributed by atoms with E-state index in [0.717, 1.165) is 38.4 Å². The van der Waals surface area contributed by atoms with Crippen LogP contribution in [0.25, 0.3) is 0 Å². The Balaban J connectivity index is 0.00000420. The highest BCUT2D eigenvalue weighted by Crippen LogP contribution is 2.20. The predicted molar refractivity (Wildman–Crippen MR) is 133 cm³/mol. The number of benzene rings is 1. The molecule has 166 valence electrons. The first-order chi connectivity index (χ1) is 13.2. The zero-order valence-corrected chi connectivity index (χ0v) is 21.3. The van der Waals surface area contributed by atoms with Crippen LogP contribution < -0.4 is 10.6 Å². The number of hydrogen-bond donors (Lipinski definition) is 2. The minimum Gasteiger partial charge on any atom is -0.356 e. The Morgan fingerprint density at radius 1 is 1.21 bits per heavy atom. The van der Waals surface area contributed by atoms with E-state index in [2.05, 4.69) is 64.7 Å². The Bertz CT molecular complexity index is 730. The molecule has 0 spiro atoms. The van der Waals surface area contributed by atoms with Gasteiger partial charge in [-0.15, -0.1) is 24.0 Å². The lowest BCUT2D eigenvalue weighted by atomic mass is 9.90. The molecule has 2 N–H and O–H groups in total. The first kappa shape index (κ1) is 26.2. The van der Waals surface area contributed by atoms with Crippen LogP contribution >= 0.6 is 24.0 Å². The second-order valence-corrected chi connectivity index (χ2v) is 10.9. The highest BCUT2D eigenvalue weighted by Gasteiger charge is 2.23. The molecular weight excluding hydrogens is 499 g/mol. The highest BCUT2D eigenvalue weighted by molar-refractivity contribution is 14.0. The van der Waals surface area contributed by atoms with Crippen LogP contribution in [0, 0.1) is 5.41 Å². The molecular formula is C21H37IN4O2S. The molecule has 0 unspecified atom stereocenters. The van der Waals surface area contributed by atoms with Crippen molar-refractivity contribution in [2.24, 2.45) is 10.4 Å². The number of likely N-dealkylation sites (tertiary alicyclic amines) is 1. The fraction of sp³-hybridized carbons (Fsp3) is 0.667. The number of guanidine groups is 1. The third kappa shape index (κ3) is 10.6. The smallest absolute Gasteiger partial charge is 0.191 e. The van der Waals surface area contributed by atoms with Crippen LogP contribution in [0.2, 0.25) is 0 Å². The summed E-state index contributed by atoms with van der Waals surface area (Å²) < 4.78 is 22.8. The van der Waals surface area contributed by atoms with Crippen LogP contribution in [-0.2, 0) is 16.4 Å².